The lowest BCUT2D eigenvalue weighted by molar-refractivity contribution is -0.123. The second-order valence-electron chi connectivity index (χ2n) is 6.56. The first-order valence-corrected chi connectivity index (χ1v) is 8.68. The molecule has 1 amide bonds. The highest BCUT2D eigenvalue weighted by Gasteiger charge is 2.19. The third kappa shape index (κ3) is 5.23. The van der Waals surface area contributed by atoms with Gasteiger partial charge in [0.25, 0.3) is 5.91 Å². The number of carbonyl (C=O) groups excluding carboxylic acids is 1. The molecule has 0 fully saturated rings. The fourth-order valence-corrected chi connectivity index (χ4v) is 2.73. The standard InChI is InChI=1S/C21H28N2O3/c1-15-10-11-17(12-16(15)2)26-14-21(24)22-13-19(23(3)4)18-8-6-7-9-20(18)25-5/h6-12,19H,13-14H2,1-5H3,(H,22,24). The van der Waals surface area contributed by atoms with Crippen molar-refractivity contribution in [3.63, 3.8) is 0 Å². The Hall–Kier alpha value is -2.53. The van der Waals surface area contributed by atoms with Crippen LogP contribution in [0.2, 0.25) is 0 Å². The summed E-state index contributed by atoms with van der Waals surface area (Å²) in [5, 5.41) is 2.95. The molecule has 140 valence electrons. The van der Waals surface area contributed by atoms with Gasteiger partial charge in [0, 0.05) is 12.1 Å². The molecule has 1 atom stereocenters. The van der Waals surface area contributed by atoms with E-state index < -0.39 is 0 Å². The molecule has 1 N–H and O–H groups in total. The van der Waals surface area contributed by atoms with Crippen LogP contribution in [-0.2, 0) is 4.79 Å². The van der Waals surface area contributed by atoms with Crippen molar-refractivity contribution in [1.82, 2.24) is 10.2 Å². The zero-order chi connectivity index (χ0) is 19.1. The molecule has 0 bridgehead atoms. The highest BCUT2D eigenvalue weighted by atomic mass is 16.5. The van der Waals surface area contributed by atoms with Crippen LogP contribution in [-0.4, -0.2) is 45.2 Å². The van der Waals surface area contributed by atoms with Gasteiger partial charge in [0.2, 0.25) is 0 Å². The van der Waals surface area contributed by atoms with Crippen molar-refractivity contribution in [2.75, 3.05) is 34.4 Å². The van der Waals surface area contributed by atoms with Gasteiger partial charge in [-0.05, 0) is 57.3 Å². The number of rotatable bonds is 8. The maximum Gasteiger partial charge on any atom is 0.258 e. The lowest BCUT2D eigenvalue weighted by Gasteiger charge is -2.26. The van der Waals surface area contributed by atoms with Crippen LogP contribution in [0.15, 0.2) is 42.5 Å². The van der Waals surface area contributed by atoms with E-state index in [4.69, 9.17) is 9.47 Å². The average molecular weight is 356 g/mol. The molecule has 2 aromatic carbocycles. The highest BCUT2D eigenvalue weighted by Crippen LogP contribution is 2.27. The number of nitrogens with zero attached hydrogens (tertiary/aromatic N) is 1. The van der Waals surface area contributed by atoms with E-state index in [1.165, 1.54) is 5.56 Å². The molecule has 2 rings (SSSR count). The normalized spacial score (nSPS) is 11.9. The number of para-hydroxylation sites is 1. The van der Waals surface area contributed by atoms with E-state index in [0.717, 1.165) is 16.9 Å². The van der Waals surface area contributed by atoms with Gasteiger partial charge in [0.05, 0.1) is 13.2 Å². The maximum atomic E-state index is 12.2. The highest BCUT2D eigenvalue weighted by molar-refractivity contribution is 5.77. The number of benzene rings is 2. The number of methoxy groups -OCH3 is 1. The predicted octanol–water partition coefficient (Wildman–Crippen LogP) is 3.11. The zero-order valence-electron chi connectivity index (χ0n) is 16.2. The molecule has 2 aromatic rings. The number of likely N-dealkylation sites (N-methyl/N-ethyl adjacent to an activating group) is 1. The maximum absolute atomic E-state index is 12.2. The number of hydrogen-bond acceptors (Lipinski definition) is 4. The molecule has 0 heterocycles. The van der Waals surface area contributed by atoms with Crippen molar-refractivity contribution in [2.45, 2.75) is 19.9 Å². The second-order valence-corrected chi connectivity index (χ2v) is 6.56. The summed E-state index contributed by atoms with van der Waals surface area (Å²) in [6.07, 6.45) is 0. The van der Waals surface area contributed by atoms with Crippen molar-refractivity contribution >= 4 is 5.91 Å². The van der Waals surface area contributed by atoms with Crippen molar-refractivity contribution in [3.8, 4) is 11.5 Å². The van der Waals surface area contributed by atoms with Crippen molar-refractivity contribution < 1.29 is 14.3 Å². The van der Waals surface area contributed by atoms with Crippen LogP contribution in [0, 0.1) is 13.8 Å². The summed E-state index contributed by atoms with van der Waals surface area (Å²) in [5.41, 5.74) is 3.38. The van der Waals surface area contributed by atoms with Crippen molar-refractivity contribution in [1.29, 1.82) is 0 Å². The largest absolute Gasteiger partial charge is 0.496 e. The average Bonchev–Trinajstić information content (AvgIpc) is 2.63. The third-order valence-electron chi connectivity index (χ3n) is 4.46. The van der Waals surface area contributed by atoms with Crippen LogP contribution in [0.1, 0.15) is 22.7 Å². The van der Waals surface area contributed by atoms with Crippen molar-refractivity contribution in [2.24, 2.45) is 0 Å². The van der Waals surface area contributed by atoms with Gasteiger partial charge in [-0.2, -0.15) is 0 Å². The smallest absolute Gasteiger partial charge is 0.258 e. The first-order chi connectivity index (χ1) is 12.4. The van der Waals surface area contributed by atoms with Crippen LogP contribution in [0.3, 0.4) is 0 Å². The second kappa shape index (κ2) is 9.25. The van der Waals surface area contributed by atoms with Crippen LogP contribution in [0.5, 0.6) is 11.5 Å². The number of hydrogen-bond donors (Lipinski definition) is 1. The molecule has 0 saturated heterocycles. The van der Waals surface area contributed by atoms with Crippen LogP contribution < -0.4 is 14.8 Å². The quantitative estimate of drug-likeness (QED) is 0.790. The first kappa shape index (κ1) is 19.8. The first-order valence-electron chi connectivity index (χ1n) is 8.68. The number of aryl methyl sites for hydroxylation is 2. The van der Waals surface area contributed by atoms with Gasteiger partial charge >= 0.3 is 0 Å². The summed E-state index contributed by atoms with van der Waals surface area (Å²) in [4.78, 5) is 14.3. The summed E-state index contributed by atoms with van der Waals surface area (Å²) in [6, 6.07) is 13.7. The minimum atomic E-state index is -0.148. The van der Waals surface area contributed by atoms with E-state index in [1.807, 2.05) is 70.4 Å². The van der Waals surface area contributed by atoms with Gasteiger partial charge in [-0.3, -0.25) is 4.79 Å². The molecule has 0 radical (unpaired) electrons. The zero-order valence-corrected chi connectivity index (χ0v) is 16.2. The van der Waals surface area contributed by atoms with Crippen LogP contribution in [0.25, 0.3) is 0 Å². The molecule has 0 aliphatic rings. The third-order valence-corrected chi connectivity index (χ3v) is 4.46. The Kier molecular flexibility index (Phi) is 7.04. The Morgan fingerprint density at radius 3 is 2.50 bits per heavy atom. The minimum Gasteiger partial charge on any atom is -0.496 e. The lowest BCUT2D eigenvalue weighted by atomic mass is 10.0. The molecular weight excluding hydrogens is 328 g/mol. The van der Waals surface area contributed by atoms with E-state index in [1.54, 1.807) is 7.11 Å². The lowest BCUT2D eigenvalue weighted by Crippen LogP contribution is -2.37. The summed E-state index contributed by atoms with van der Waals surface area (Å²) in [6.45, 7) is 4.54. The number of carbonyl (C=O) groups is 1. The van der Waals surface area contributed by atoms with Gasteiger partial charge in [0.15, 0.2) is 6.61 Å². The number of nitrogens with one attached hydrogen (secondary N) is 1. The molecule has 5 heteroatoms. The van der Waals surface area contributed by atoms with E-state index in [0.29, 0.717) is 12.3 Å². The monoisotopic (exact) mass is 356 g/mol. The predicted molar refractivity (Wildman–Crippen MR) is 104 cm³/mol. The molecule has 0 aliphatic heterocycles. The Balaban J connectivity index is 1.94. The van der Waals surface area contributed by atoms with E-state index in [2.05, 4.69) is 10.2 Å². The number of amides is 1. The molecule has 1 unspecified atom stereocenters. The van der Waals surface area contributed by atoms with Gasteiger partial charge in [-0.1, -0.05) is 24.3 Å². The molecule has 0 aliphatic carbocycles. The van der Waals surface area contributed by atoms with Gasteiger partial charge in [0.1, 0.15) is 11.5 Å². The Bertz CT molecular complexity index is 744. The summed E-state index contributed by atoms with van der Waals surface area (Å²) in [5.74, 6) is 1.37. The summed E-state index contributed by atoms with van der Waals surface area (Å²) < 4.78 is 11.0. The fourth-order valence-electron chi connectivity index (χ4n) is 2.73. The molecular formula is C21H28N2O3. The van der Waals surface area contributed by atoms with Gasteiger partial charge < -0.3 is 19.7 Å². The Morgan fingerprint density at radius 2 is 1.85 bits per heavy atom. The Labute approximate surface area is 155 Å². The van der Waals surface area contributed by atoms with Crippen LogP contribution in [0.4, 0.5) is 0 Å². The number of ether oxygens (including phenoxy) is 2. The van der Waals surface area contributed by atoms with Crippen molar-refractivity contribution in [3.05, 3.63) is 59.2 Å². The Morgan fingerprint density at radius 1 is 1.12 bits per heavy atom. The molecule has 0 aromatic heterocycles. The summed E-state index contributed by atoms with van der Waals surface area (Å²) in [7, 11) is 5.62. The fraction of sp³-hybridized carbons (Fsp3) is 0.381. The van der Waals surface area contributed by atoms with E-state index >= 15 is 0 Å². The SMILES string of the molecule is COc1ccccc1C(CNC(=O)COc1ccc(C)c(C)c1)N(C)C. The van der Waals surface area contributed by atoms with Gasteiger partial charge in [-0.25, -0.2) is 0 Å². The molecule has 0 spiro atoms. The molecule has 26 heavy (non-hydrogen) atoms. The van der Waals surface area contributed by atoms with Crippen LogP contribution >= 0.6 is 0 Å². The van der Waals surface area contributed by atoms with E-state index in [-0.39, 0.29) is 18.6 Å². The summed E-state index contributed by atoms with van der Waals surface area (Å²) >= 11 is 0. The molecule has 5 nitrogen and oxygen atoms in total. The van der Waals surface area contributed by atoms with E-state index in [9.17, 15) is 4.79 Å². The topological polar surface area (TPSA) is 50.8 Å². The minimum absolute atomic E-state index is 0.00538. The van der Waals surface area contributed by atoms with Gasteiger partial charge in [-0.15, -0.1) is 0 Å². The molecule has 0 saturated carbocycles.